The fraction of sp³-hybridized carbons (Fsp3) is 0.727. The van der Waals surface area contributed by atoms with Crippen LogP contribution in [-0.2, 0) is 4.79 Å². The summed E-state index contributed by atoms with van der Waals surface area (Å²) in [6.45, 7) is 2.12. The molecule has 0 aliphatic heterocycles. The first-order chi connectivity index (χ1) is 6.13. The van der Waals surface area contributed by atoms with Crippen molar-refractivity contribution in [3.8, 4) is 0 Å². The van der Waals surface area contributed by atoms with Crippen LogP contribution in [0.1, 0.15) is 45.4 Å². The lowest BCUT2D eigenvalue weighted by Crippen LogP contribution is -2.33. The van der Waals surface area contributed by atoms with E-state index in [1.165, 1.54) is 0 Å². The largest absolute Gasteiger partial charge is 0.512 e. The Morgan fingerprint density at radius 3 is 2.46 bits per heavy atom. The zero-order valence-corrected chi connectivity index (χ0v) is 8.10. The van der Waals surface area contributed by atoms with Crippen molar-refractivity contribution in [3.05, 3.63) is 11.3 Å². The number of hydrogen-bond donors (Lipinski definition) is 1. The van der Waals surface area contributed by atoms with Crippen molar-refractivity contribution in [3.63, 3.8) is 0 Å². The molecule has 1 fully saturated rings. The third-order valence-corrected chi connectivity index (χ3v) is 3.45. The van der Waals surface area contributed by atoms with Gasteiger partial charge in [-0.3, -0.25) is 4.79 Å². The maximum Gasteiger partial charge on any atom is 0.162 e. The van der Waals surface area contributed by atoms with Crippen molar-refractivity contribution in [2.45, 2.75) is 45.4 Å². The highest BCUT2D eigenvalue weighted by molar-refractivity contribution is 5.97. The molecule has 0 aromatic heterocycles. The number of aliphatic hydroxyl groups excluding tert-OH is 1. The van der Waals surface area contributed by atoms with Crippen LogP contribution in [0.25, 0.3) is 0 Å². The van der Waals surface area contributed by atoms with Gasteiger partial charge in [-0.25, -0.2) is 0 Å². The summed E-state index contributed by atoms with van der Waals surface area (Å²) < 4.78 is 0. The number of hydrogen-bond acceptors (Lipinski definition) is 2. The number of allylic oxidation sites excluding steroid dienone is 2. The fourth-order valence-corrected chi connectivity index (χ4v) is 2.76. The van der Waals surface area contributed by atoms with E-state index in [2.05, 4.69) is 6.92 Å². The van der Waals surface area contributed by atoms with Crippen molar-refractivity contribution >= 4 is 5.78 Å². The van der Waals surface area contributed by atoms with E-state index in [0.29, 0.717) is 18.6 Å². The molecule has 0 aromatic rings. The second-order valence-corrected chi connectivity index (χ2v) is 4.51. The zero-order valence-electron chi connectivity index (χ0n) is 8.10. The predicted molar refractivity (Wildman–Crippen MR) is 50.5 cm³/mol. The van der Waals surface area contributed by atoms with E-state index < -0.39 is 0 Å². The molecule has 0 radical (unpaired) electrons. The molecule has 2 nitrogen and oxygen atoms in total. The van der Waals surface area contributed by atoms with Crippen molar-refractivity contribution in [1.82, 2.24) is 0 Å². The van der Waals surface area contributed by atoms with Gasteiger partial charge in [-0.15, -0.1) is 0 Å². The molecule has 1 unspecified atom stereocenters. The zero-order chi connectivity index (χ0) is 9.47. The highest BCUT2D eigenvalue weighted by Gasteiger charge is 2.40. The third kappa shape index (κ3) is 1.28. The number of fused-ring (bicyclic) bond motifs is 1. The van der Waals surface area contributed by atoms with Gasteiger partial charge in [0.05, 0.1) is 5.76 Å². The van der Waals surface area contributed by atoms with Crippen LogP contribution < -0.4 is 0 Å². The summed E-state index contributed by atoms with van der Waals surface area (Å²) >= 11 is 0. The molecule has 0 spiro atoms. The molecule has 2 heteroatoms. The van der Waals surface area contributed by atoms with Gasteiger partial charge in [-0.1, -0.05) is 6.92 Å². The second kappa shape index (κ2) is 2.86. The maximum absolute atomic E-state index is 11.6. The van der Waals surface area contributed by atoms with Crippen LogP contribution in [0.5, 0.6) is 0 Å². The summed E-state index contributed by atoms with van der Waals surface area (Å²) in [6.07, 6.45) is 5.49. The number of ketones is 1. The Kier molecular flexibility index (Phi) is 1.94. The van der Waals surface area contributed by atoms with E-state index in [-0.39, 0.29) is 11.2 Å². The normalized spacial score (nSPS) is 34.7. The van der Waals surface area contributed by atoms with Gasteiger partial charge in [0.2, 0.25) is 0 Å². The van der Waals surface area contributed by atoms with Crippen LogP contribution in [0.2, 0.25) is 0 Å². The molecule has 2 rings (SSSR count). The highest BCUT2D eigenvalue weighted by atomic mass is 16.3. The van der Waals surface area contributed by atoms with Gasteiger partial charge in [0, 0.05) is 18.4 Å². The van der Waals surface area contributed by atoms with Crippen LogP contribution in [0.3, 0.4) is 0 Å². The highest BCUT2D eigenvalue weighted by Crippen LogP contribution is 2.47. The molecule has 2 aliphatic carbocycles. The topological polar surface area (TPSA) is 37.3 Å². The minimum absolute atomic E-state index is 0.00231. The van der Waals surface area contributed by atoms with Crippen LogP contribution in [0, 0.1) is 5.41 Å². The van der Waals surface area contributed by atoms with Crippen LogP contribution >= 0.6 is 0 Å². The molecule has 0 aromatic carbocycles. The molecule has 0 amide bonds. The molecule has 0 bridgehead atoms. The fourth-order valence-electron chi connectivity index (χ4n) is 2.76. The van der Waals surface area contributed by atoms with Crippen molar-refractivity contribution < 1.29 is 9.90 Å². The summed E-state index contributed by atoms with van der Waals surface area (Å²) in [5, 5.41) is 9.70. The Bertz CT molecular complexity index is 278. The first-order valence-electron chi connectivity index (χ1n) is 5.09. The number of rotatable bonds is 0. The molecule has 13 heavy (non-hydrogen) atoms. The van der Waals surface area contributed by atoms with E-state index in [9.17, 15) is 9.90 Å². The first-order valence-corrected chi connectivity index (χ1v) is 5.09. The van der Waals surface area contributed by atoms with E-state index in [1.54, 1.807) is 0 Å². The van der Waals surface area contributed by atoms with Gasteiger partial charge in [0.15, 0.2) is 5.78 Å². The van der Waals surface area contributed by atoms with E-state index >= 15 is 0 Å². The molecule has 1 atom stereocenters. The monoisotopic (exact) mass is 180 g/mol. The lowest BCUT2D eigenvalue weighted by molar-refractivity contribution is -0.118. The maximum atomic E-state index is 11.6. The molecular formula is C11H16O2. The van der Waals surface area contributed by atoms with Crippen molar-refractivity contribution in [1.29, 1.82) is 0 Å². The quantitative estimate of drug-likeness (QED) is 0.622. The molecule has 1 N–H and O–H groups in total. The Morgan fingerprint density at radius 2 is 1.85 bits per heavy atom. The summed E-state index contributed by atoms with van der Waals surface area (Å²) in [5.41, 5.74) is 0.752. The summed E-state index contributed by atoms with van der Waals surface area (Å²) in [7, 11) is 0. The number of carbonyl (C=O) groups is 1. The smallest absolute Gasteiger partial charge is 0.162 e. The number of aliphatic hydroxyl groups is 1. The SMILES string of the molecule is CC12CCCC(=O)C1=C(O)CCC2. The standard InChI is InChI=1S/C11H16O2/c1-11-6-2-4-8(12)10(11)9(13)5-3-7-11/h12H,2-7H2,1H3. The number of Topliss-reactive ketones (excluding diaryl/α,β-unsaturated/α-hetero) is 1. The van der Waals surface area contributed by atoms with Gasteiger partial charge in [0.1, 0.15) is 0 Å². The van der Waals surface area contributed by atoms with Gasteiger partial charge in [0.25, 0.3) is 0 Å². The lowest BCUT2D eigenvalue weighted by atomic mass is 9.65. The van der Waals surface area contributed by atoms with Crippen LogP contribution in [0.15, 0.2) is 11.3 Å². The molecule has 0 heterocycles. The lowest BCUT2D eigenvalue weighted by Gasteiger charge is -2.38. The molecule has 2 aliphatic rings. The van der Waals surface area contributed by atoms with Gasteiger partial charge >= 0.3 is 0 Å². The number of carbonyl (C=O) groups excluding carboxylic acids is 1. The molecule has 72 valence electrons. The van der Waals surface area contributed by atoms with E-state index in [1.807, 2.05) is 0 Å². The van der Waals surface area contributed by atoms with E-state index in [4.69, 9.17) is 0 Å². The summed E-state index contributed by atoms with van der Waals surface area (Å²) in [6, 6.07) is 0. The summed E-state index contributed by atoms with van der Waals surface area (Å²) in [5.74, 6) is 0.560. The minimum Gasteiger partial charge on any atom is -0.512 e. The van der Waals surface area contributed by atoms with Crippen LogP contribution in [0.4, 0.5) is 0 Å². The Balaban J connectivity index is 2.43. The van der Waals surface area contributed by atoms with Gasteiger partial charge in [-0.05, 0) is 31.1 Å². The third-order valence-electron chi connectivity index (χ3n) is 3.45. The van der Waals surface area contributed by atoms with Gasteiger partial charge < -0.3 is 5.11 Å². The Hall–Kier alpha value is -0.790. The Morgan fingerprint density at radius 1 is 1.23 bits per heavy atom. The van der Waals surface area contributed by atoms with Crippen molar-refractivity contribution in [2.75, 3.05) is 0 Å². The van der Waals surface area contributed by atoms with Crippen LogP contribution in [-0.4, -0.2) is 10.9 Å². The molecule has 0 saturated heterocycles. The van der Waals surface area contributed by atoms with Crippen molar-refractivity contribution in [2.24, 2.45) is 5.41 Å². The molecule has 1 saturated carbocycles. The van der Waals surface area contributed by atoms with Gasteiger partial charge in [-0.2, -0.15) is 0 Å². The molecular weight excluding hydrogens is 164 g/mol. The average Bonchev–Trinajstić information content (AvgIpc) is 2.02. The summed E-state index contributed by atoms with van der Waals surface area (Å²) in [4.78, 5) is 11.6. The average molecular weight is 180 g/mol. The predicted octanol–water partition coefficient (Wildman–Crippen LogP) is 2.74. The first kappa shape index (κ1) is 8.79. The Labute approximate surface area is 78.6 Å². The minimum atomic E-state index is -0.00231. The van der Waals surface area contributed by atoms with E-state index in [0.717, 1.165) is 31.3 Å². The second-order valence-electron chi connectivity index (χ2n) is 4.51.